The zero-order valence-electron chi connectivity index (χ0n) is 11.4. The molecule has 1 aromatic heterocycles. The van der Waals surface area contributed by atoms with Crippen LogP contribution in [0.3, 0.4) is 0 Å². The lowest BCUT2D eigenvalue weighted by atomic mass is 10.2. The van der Waals surface area contributed by atoms with Crippen LogP contribution in [-0.4, -0.2) is 21.0 Å². The summed E-state index contributed by atoms with van der Waals surface area (Å²) in [4.78, 5) is 4.56. The number of hydrogen-bond donors (Lipinski definition) is 0. The molecule has 3 aromatic rings. The Bertz CT molecular complexity index is 803. The zero-order valence-corrected chi connectivity index (χ0v) is 12.2. The molecule has 0 aliphatic carbocycles. The quantitative estimate of drug-likeness (QED) is 0.693. The Kier molecular flexibility index (Phi) is 3.71. The van der Waals surface area contributed by atoms with Crippen molar-refractivity contribution in [2.75, 3.05) is 6.26 Å². The molecule has 3 rings (SSSR count). The summed E-state index contributed by atoms with van der Waals surface area (Å²) in [7, 11) is 0. The van der Waals surface area contributed by atoms with E-state index in [2.05, 4.69) is 16.2 Å². The Labute approximate surface area is 127 Å². The molecule has 5 heteroatoms. The Balaban J connectivity index is 2.10. The van der Waals surface area contributed by atoms with Crippen molar-refractivity contribution in [1.29, 1.82) is 5.26 Å². The molecule has 0 radical (unpaired) electrons. The van der Waals surface area contributed by atoms with Crippen LogP contribution in [0, 0.1) is 11.3 Å². The van der Waals surface area contributed by atoms with Gasteiger partial charge in [-0.25, -0.2) is 9.67 Å². The topological polar surface area (TPSA) is 54.5 Å². The van der Waals surface area contributed by atoms with Gasteiger partial charge in [0, 0.05) is 5.56 Å². The first-order valence-electron chi connectivity index (χ1n) is 6.39. The highest BCUT2D eigenvalue weighted by molar-refractivity contribution is 7.98. The van der Waals surface area contributed by atoms with Crippen molar-refractivity contribution in [2.24, 2.45) is 0 Å². The Hall–Kier alpha value is -2.58. The number of benzene rings is 2. The molecule has 0 saturated carbocycles. The van der Waals surface area contributed by atoms with Crippen molar-refractivity contribution in [3.05, 3.63) is 60.2 Å². The second-order valence-corrected chi connectivity index (χ2v) is 5.14. The van der Waals surface area contributed by atoms with Gasteiger partial charge in [-0.05, 0) is 24.5 Å². The van der Waals surface area contributed by atoms with E-state index in [1.54, 1.807) is 10.7 Å². The molecular formula is C16H12N4S. The Morgan fingerprint density at radius 3 is 2.62 bits per heavy atom. The average Bonchev–Trinajstić information content (AvgIpc) is 3.00. The van der Waals surface area contributed by atoms with Crippen molar-refractivity contribution in [1.82, 2.24) is 14.8 Å². The summed E-state index contributed by atoms with van der Waals surface area (Å²) in [5.41, 5.74) is 2.42. The highest BCUT2D eigenvalue weighted by Crippen LogP contribution is 2.23. The molecule has 0 aliphatic rings. The molecule has 0 saturated heterocycles. The predicted octanol–water partition coefficient (Wildman–Crippen LogP) is 3.53. The van der Waals surface area contributed by atoms with Gasteiger partial charge < -0.3 is 0 Å². The van der Waals surface area contributed by atoms with Gasteiger partial charge in [-0.1, -0.05) is 48.2 Å². The number of hydrogen-bond acceptors (Lipinski definition) is 4. The van der Waals surface area contributed by atoms with E-state index in [4.69, 9.17) is 5.26 Å². The van der Waals surface area contributed by atoms with Gasteiger partial charge in [-0.15, -0.1) is 5.10 Å². The molecule has 21 heavy (non-hydrogen) atoms. The smallest absolute Gasteiger partial charge is 0.191 e. The van der Waals surface area contributed by atoms with Gasteiger partial charge in [0.05, 0.1) is 17.3 Å². The average molecular weight is 292 g/mol. The van der Waals surface area contributed by atoms with Crippen LogP contribution in [0.2, 0.25) is 0 Å². The lowest BCUT2D eigenvalue weighted by Gasteiger charge is -2.03. The van der Waals surface area contributed by atoms with Gasteiger partial charge >= 0.3 is 0 Å². The molecule has 0 aliphatic heterocycles. The normalized spacial score (nSPS) is 10.3. The number of nitrogens with zero attached hydrogens (tertiary/aromatic N) is 4. The van der Waals surface area contributed by atoms with E-state index in [9.17, 15) is 0 Å². The third kappa shape index (κ3) is 2.67. The maximum atomic E-state index is 9.02. The lowest BCUT2D eigenvalue weighted by Crippen LogP contribution is -1.98. The predicted molar refractivity (Wildman–Crippen MR) is 83.3 cm³/mol. The minimum atomic E-state index is 0.608. The maximum Gasteiger partial charge on any atom is 0.191 e. The van der Waals surface area contributed by atoms with Crippen LogP contribution in [0.1, 0.15) is 5.56 Å². The molecule has 0 amide bonds. The van der Waals surface area contributed by atoms with E-state index in [1.165, 1.54) is 11.8 Å². The fourth-order valence-electron chi connectivity index (χ4n) is 2.01. The Morgan fingerprint density at radius 2 is 1.90 bits per heavy atom. The largest absolute Gasteiger partial charge is 0.207 e. The maximum absolute atomic E-state index is 9.02. The summed E-state index contributed by atoms with van der Waals surface area (Å²) in [6, 6.07) is 19.4. The van der Waals surface area contributed by atoms with Gasteiger partial charge in [-0.2, -0.15) is 5.26 Å². The van der Waals surface area contributed by atoms with Crippen molar-refractivity contribution < 1.29 is 0 Å². The summed E-state index contributed by atoms with van der Waals surface area (Å²) >= 11 is 1.53. The zero-order chi connectivity index (χ0) is 14.7. The number of nitriles is 1. The van der Waals surface area contributed by atoms with E-state index in [0.29, 0.717) is 11.4 Å². The molecular weight excluding hydrogens is 280 g/mol. The molecule has 2 aromatic carbocycles. The van der Waals surface area contributed by atoms with Crippen molar-refractivity contribution in [3.63, 3.8) is 0 Å². The summed E-state index contributed by atoms with van der Waals surface area (Å²) in [6.45, 7) is 0. The molecule has 0 N–H and O–H groups in total. The minimum Gasteiger partial charge on any atom is -0.207 e. The van der Waals surface area contributed by atoms with E-state index < -0.39 is 0 Å². The van der Waals surface area contributed by atoms with Crippen LogP contribution in [0.4, 0.5) is 0 Å². The first-order valence-corrected chi connectivity index (χ1v) is 7.61. The molecule has 0 fully saturated rings. The van der Waals surface area contributed by atoms with Crippen LogP contribution < -0.4 is 0 Å². The van der Waals surface area contributed by atoms with Gasteiger partial charge in [0.1, 0.15) is 0 Å². The second-order valence-electron chi connectivity index (χ2n) is 4.36. The van der Waals surface area contributed by atoms with Crippen LogP contribution in [0.5, 0.6) is 0 Å². The van der Waals surface area contributed by atoms with Crippen molar-refractivity contribution >= 4 is 11.8 Å². The van der Waals surface area contributed by atoms with Crippen LogP contribution >= 0.6 is 11.8 Å². The molecule has 4 nitrogen and oxygen atoms in total. The fourth-order valence-corrected chi connectivity index (χ4v) is 2.51. The summed E-state index contributed by atoms with van der Waals surface area (Å²) in [5.74, 6) is 0.683. The lowest BCUT2D eigenvalue weighted by molar-refractivity contribution is 0.787. The second kappa shape index (κ2) is 5.81. The number of aromatic nitrogens is 3. The van der Waals surface area contributed by atoms with Crippen LogP contribution in [0.25, 0.3) is 17.1 Å². The van der Waals surface area contributed by atoms with Gasteiger partial charge in [0.15, 0.2) is 11.0 Å². The van der Waals surface area contributed by atoms with Gasteiger partial charge in [-0.3, -0.25) is 0 Å². The SMILES string of the molecule is CSc1nc(-c2ccccc2)nn1-c1cccc(C#N)c1. The monoisotopic (exact) mass is 292 g/mol. The fraction of sp³-hybridized carbons (Fsp3) is 0.0625. The molecule has 0 atom stereocenters. The molecule has 0 spiro atoms. The first kappa shape index (κ1) is 13.4. The minimum absolute atomic E-state index is 0.608. The summed E-state index contributed by atoms with van der Waals surface area (Å²) in [5, 5.41) is 14.4. The highest BCUT2D eigenvalue weighted by Gasteiger charge is 2.12. The standard InChI is InChI=1S/C16H12N4S/c1-21-16-18-15(13-7-3-2-4-8-13)19-20(16)14-9-5-6-12(10-14)11-17/h2-10H,1H3. The van der Waals surface area contributed by atoms with E-state index >= 15 is 0 Å². The highest BCUT2D eigenvalue weighted by atomic mass is 32.2. The summed E-state index contributed by atoms with van der Waals surface area (Å²) < 4.78 is 1.77. The third-order valence-corrected chi connectivity index (χ3v) is 3.64. The van der Waals surface area contributed by atoms with E-state index in [1.807, 2.05) is 54.8 Å². The van der Waals surface area contributed by atoms with E-state index in [0.717, 1.165) is 16.4 Å². The molecule has 102 valence electrons. The third-order valence-electron chi connectivity index (χ3n) is 3.01. The van der Waals surface area contributed by atoms with Gasteiger partial charge in [0.25, 0.3) is 0 Å². The summed E-state index contributed by atoms with van der Waals surface area (Å²) in [6.07, 6.45) is 1.96. The van der Waals surface area contributed by atoms with Crippen LogP contribution in [-0.2, 0) is 0 Å². The first-order chi connectivity index (χ1) is 10.3. The Morgan fingerprint density at radius 1 is 1.10 bits per heavy atom. The van der Waals surface area contributed by atoms with Crippen molar-refractivity contribution in [2.45, 2.75) is 5.16 Å². The van der Waals surface area contributed by atoms with E-state index in [-0.39, 0.29) is 0 Å². The molecule has 1 heterocycles. The van der Waals surface area contributed by atoms with Crippen molar-refractivity contribution in [3.8, 4) is 23.1 Å². The van der Waals surface area contributed by atoms with Gasteiger partial charge in [0.2, 0.25) is 0 Å². The number of rotatable bonds is 3. The molecule has 0 bridgehead atoms. The molecule has 0 unspecified atom stereocenters. The number of thioether (sulfide) groups is 1. The van der Waals surface area contributed by atoms with Crippen LogP contribution in [0.15, 0.2) is 59.8 Å².